The Morgan fingerprint density at radius 1 is 0.605 bits per heavy atom. The Labute approximate surface area is 242 Å². The smallest absolute Gasteiger partial charge is 0.262 e. The summed E-state index contributed by atoms with van der Waals surface area (Å²) in [4.78, 5) is 7.72. The molecule has 5 heteroatoms. The van der Waals surface area contributed by atoms with E-state index in [-0.39, 0.29) is 24.0 Å². The summed E-state index contributed by atoms with van der Waals surface area (Å²) >= 11 is 0. The summed E-state index contributed by atoms with van der Waals surface area (Å²) in [5.41, 5.74) is 2.17. The number of rotatable bonds is 7. The molecule has 0 spiro atoms. The average Bonchev–Trinajstić information content (AvgIpc) is 3.66. The average molecular weight is 628 g/mol. The Kier molecular flexibility index (Phi) is 8.41. The van der Waals surface area contributed by atoms with Crippen molar-refractivity contribution < 1.29 is 28.4 Å². The topological polar surface area (TPSA) is 29.3 Å². The van der Waals surface area contributed by atoms with E-state index >= 15 is 0 Å². The first-order valence-electron chi connectivity index (χ1n) is 12.9. The summed E-state index contributed by atoms with van der Waals surface area (Å²) in [6.07, 6.45) is 6.43. The standard InChI is InChI=1S/C33H30N2OP.HI/c1-5-15-27(16-6-1)23-24-31-34-32(33(36-31)35-25-13-14-26-35)37(28-17-7-2-8-18-28,29-19-9-3-10-20-29)30-21-11-4-12-22-30;/h1-12,15-24H,13-14,25-26H2;1H/q+1;/p-1. The molecule has 4 aromatic carbocycles. The van der Waals surface area contributed by atoms with Gasteiger partial charge in [0, 0.05) is 19.2 Å². The molecule has 0 amide bonds. The first kappa shape index (κ1) is 26.4. The lowest BCUT2D eigenvalue weighted by atomic mass is 10.2. The molecule has 0 unspecified atom stereocenters. The predicted octanol–water partition coefficient (Wildman–Crippen LogP) is 3.07. The summed E-state index contributed by atoms with van der Waals surface area (Å²) in [5, 5.41) is 3.83. The van der Waals surface area contributed by atoms with E-state index < -0.39 is 7.26 Å². The molecule has 0 bridgehead atoms. The Balaban J connectivity index is 0.00000294. The highest BCUT2D eigenvalue weighted by Gasteiger charge is 2.53. The van der Waals surface area contributed by atoms with Crippen molar-refractivity contribution in [1.29, 1.82) is 0 Å². The van der Waals surface area contributed by atoms with Crippen molar-refractivity contribution in [3.63, 3.8) is 0 Å². The molecule has 38 heavy (non-hydrogen) atoms. The number of halogens is 1. The van der Waals surface area contributed by atoms with Crippen LogP contribution in [0.3, 0.4) is 0 Å². The zero-order chi connectivity index (χ0) is 24.9. The summed E-state index contributed by atoms with van der Waals surface area (Å²) < 4.78 is 6.65. The van der Waals surface area contributed by atoms with Crippen LogP contribution in [0.5, 0.6) is 0 Å². The molecule has 0 aliphatic carbocycles. The summed E-state index contributed by atoms with van der Waals surface area (Å²) in [6.45, 7) is 1.98. The Morgan fingerprint density at radius 3 is 1.53 bits per heavy atom. The third-order valence-electron chi connectivity index (χ3n) is 6.97. The lowest BCUT2D eigenvalue weighted by molar-refractivity contribution is -0.00000765. The molecule has 6 rings (SSSR count). The van der Waals surface area contributed by atoms with Crippen molar-refractivity contribution in [2.45, 2.75) is 12.8 Å². The van der Waals surface area contributed by atoms with Crippen LogP contribution in [0.1, 0.15) is 24.3 Å². The minimum Gasteiger partial charge on any atom is -1.00 e. The Bertz CT molecular complexity index is 1370. The third kappa shape index (κ3) is 5.08. The Hall–Kier alpha value is -3.21. The van der Waals surface area contributed by atoms with Crippen molar-refractivity contribution in [3.8, 4) is 0 Å². The van der Waals surface area contributed by atoms with E-state index in [1.54, 1.807) is 0 Å². The number of anilines is 1. The molecular weight excluding hydrogens is 598 g/mol. The molecule has 0 atom stereocenters. The minimum atomic E-state index is -2.35. The molecular formula is C33H30IN2OP. The van der Waals surface area contributed by atoms with Gasteiger partial charge in [-0.3, -0.25) is 0 Å². The van der Waals surface area contributed by atoms with E-state index in [2.05, 4.69) is 114 Å². The first-order chi connectivity index (χ1) is 18.4. The maximum Gasteiger partial charge on any atom is 0.262 e. The van der Waals surface area contributed by atoms with Crippen molar-refractivity contribution >= 4 is 46.6 Å². The van der Waals surface area contributed by atoms with Crippen LogP contribution in [0, 0.1) is 0 Å². The molecule has 1 aliphatic rings. The lowest BCUT2D eigenvalue weighted by Crippen LogP contribution is -3.00. The molecule has 2 heterocycles. The van der Waals surface area contributed by atoms with Gasteiger partial charge in [-0.25, -0.2) is 0 Å². The normalized spacial score (nSPS) is 13.5. The molecule has 3 nitrogen and oxygen atoms in total. The van der Waals surface area contributed by atoms with E-state index in [1.807, 2.05) is 24.3 Å². The minimum absolute atomic E-state index is 0. The van der Waals surface area contributed by atoms with Gasteiger partial charge in [-0.2, -0.15) is 4.98 Å². The fourth-order valence-electron chi connectivity index (χ4n) is 5.24. The monoisotopic (exact) mass is 628 g/mol. The molecule has 0 radical (unpaired) electrons. The van der Waals surface area contributed by atoms with E-state index in [4.69, 9.17) is 9.40 Å². The van der Waals surface area contributed by atoms with Gasteiger partial charge in [-0.1, -0.05) is 84.9 Å². The van der Waals surface area contributed by atoms with Gasteiger partial charge in [0.05, 0.1) is 0 Å². The van der Waals surface area contributed by atoms with Crippen molar-refractivity contribution in [1.82, 2.24) is 4.98 Å². The first-order valence-corrected chi connectivity index (χ1v) is 14.7. The molecule has 190 valence electrons. The van der Waals surface area contributed by atoms with Gasteiger partial charge in [0.25, 0.3) is 11.3 Å². The van der Waals surface area contributed by atoms with Gasteiger partial charge < -0.3 is 33.3 Å². The number of hydrogen-bond acceptors (Lipinski definition) is 3. The molecule has 5 aromatic rings. The zero-order valence-corrected chi connectivity index (χ0v) is 24.2. The molecule has 1 aliphatic heterocycles. The Morgan fingerprint density at radius 2 is 1.05 bits per heavy atom. The fraction of sp³-hybridized carbons (Fsp3) is 0.121. The van der Waals surface area contributed by atoms with Crippen LogP contribution in [0.2, 0.25) is 0 Å². The highest BCUT2D eigenvalue weighted by molar-refractivity contribution is 8.01. The third-order valence-corrected chi connectivity index (χ3v) is 11.1. The van der Waals surface area contributed by atoms with Crippen LogP contribution in [0.25, 0.3) is 12.2 Å². The van der Waals surface area contributed by atoms with Crippen molar-refractivity contribution in [2.75, 3.05) is 18.0 Å². The quantitative estimate of drug-likeness (QED) is 0.205. The van der Waals surface area contributed by atoms with Crippen LogP contribution in [0.15, 0.2) is 126 Å². The van der Waals surface area contributed by atoms with Gasteiger partial charge in [-0.15, -0.1) is 0 Å². The molecule has 1 fully saturated rings. The second-order valence-corrected chi connectivity index (χ2v) is 12.6. The van der Waals surface area contributed by atoms with Crippen LogP contribution in [0.4, 0.5) is 5.88 Å². The summed E-state index contributed by atoms with van der Waals surface area (Å²) in [6, 6.07) is 43.0. The molecule has 0 saturated carbocycles. The van der Waals surface area contributed by atoms with Crippen LogP contribution in [-0.2, 0) is 0 Å². The number of oxazole rings is 1. The number of hydrogen-bond donors (Lipinski definition) is 0. The van der Waals surface area contributed by atoms with Crippen LogP contribution < -0.4 is 50.2 Å². The molecule has 1 aromatic heterocycles. The van der Waals surface area contributed by atoms with Gasteiger partial charge >= 0.3 is 0 Å². The second kappa shape index (κ2) is 12.1. The fourth-order valence-corrected chi connectivity index (χ4v) is 9.44. The predicted molar refractivity (Wildman–Crippen MR) is 158 cm³/mol. The SMILES string of the molecule is C(=Cc1nc([P+](c2ccccc2)(c2ccccc2)c2ccccc2)c(N2CCCC2)o1)c1ccccc1.[I-]. The van der Waals surface area contributed by atoms with E-state index in [0.29, 0.717) is 5.89 Å². The van der Waals surface area contributed by atoms with Crippen molar-refractivity contribution in [3.05, 3.63) is 133 Å². The highest BCUT2D eigenvalue weighted by Crippen LogP contribution is 2.56. The second-order valence-electron chi connectivity index (χ2n) is 9.30. The lowest BCUT2D eigenvalue weighted by Gasteiger charge is -2.27. The summed E-state index contributed by atoms with van der Waals surface area (Å²) in [5.74, 6) is 1.56. The van der Waals surface area contributed by atoms with Crippen LogP contribution >= 0.6 is 7.26 Å². The van der Waals surface area contributed by atoms with E-state index in [0.717, 1.165) is 30.0 Å². The maximum absolute atomic E-state index is 6.65. The largest absolute Gasteiger partial charge is 1.00 e. The van der Waals surface area contributed by atoms with Gasteiger partial charge in [-0.05, 0) is 60.9 Å². The van der Waals surface area contributed by atoms with Crippen LogP contribution in [-0.4, -0.2) is 18.1 Å². The molecule has 1 saturated heterocycles. The van der Waals surface area contributed by atoms with Gasteiger partial charge in [0.15, 0.2) is 7.26 Å². The van der Waals surface area contributed by atoms with Gasteiger partial charge in [0.1, 0.15) is 15.9 Å². The maximum atomic E-state index is 6.65. The van der Waals surface area contributed by atoms with E-state index in [9.17, 15) is 0 Å². The van der Waals surface area contributed by atoms with E-state index in [1.165, 1.54) is 28.8 Å². The van der Waals surface area contributed by atoms with Gasteiger partial charge in [0.2, 0.25) is 5.89 Å². The zero-order valence-electron chi connectivity index (χ0n) is 21.2. The number of aromatic nitrogens is 1. The summed E-state index contributed by atoms with van der Waals surface area (Å²) in [7, 11) is -2.35. The molecule has 0 N–H and O–H groups in total. The number of benzene rings is 4. The van der Waals surface area contributed by atoms with Crippen molar-refractivity contribution in [2.24, 2.45) is 0 Å². The highest BCUT2D eigenvalue weighted by atomic mass is 127. The number of nitrogens with zero attached hydrogens (tertiary/aromatic N) is 2.